The second-order valence-corrected chi connectivity index (χ2v) is 4.15. The summed E-state index contributed by atoms with van der Waals surface area (Å²) in [5, 5.41) is 14.8. The summed E-state index contributed by atoms with van der Waals surface area (Å²) in [7, 11) is 2.97. The Balaban J connectivity index is 2.86. The number of hydrogen-bond donors (Lipinski definition) is 1. The number of halogens is 1. The predicted octanol–water partition coefficient (Wildman–Crippen LogP) is 1.39. The Morgan fingerprint density at radius 3 is 2.47 bits per heavy atom. The van der Waals surface area contributed by atoms with Crippen molar-refractivity contribution >= 4 is 11.6 Å². The molecule has 0 spiro atoms. The van der Waals surface area contributed by atoms with Crippen LogP contribution in [0.5, 0.6) is 0 Å². The van der Waals surface area contributed by atoms with E-state index in [4.69, 9.17) is 21.1 Å². The van der Waals surface area contributed by atoms with Crippen LogP contribution >= 0.6 is 11.6 Å². The van der Waals surface area contributed by atoms with E-state index in [1.165, 1.54) is 14.2 Å². The third-order valence-corrected chi connectivity index (χ3v) is 3.13. The zero-order chi connectivity index (χ0) is 13.0. The fourth-order valence-electron chi connectivity index (χ4n) is 1.77. The van der Waals surface area contributed by atoms with Crippen LogP contribution in [0.3, 0.4) is 0 Å². The van der Waals surface area contributed by atoms with E-state index in [9.17, 15) is 5.11 Å². The summed E-state index contributed by atoms with van der Waals surface area (Å²) in [5.41, 5.74) is 1.57. The quantitative estimate of drug-likeness (QED) is 0.787. The highest BCUT2D eigenvalue weighted by molar-refractivity contribution is 6.31. The largest absolute Gasteiger partial charge is 0.387 e. The summed E-state index contributed by atoms with van der Waals surface area (Å²) >= 11 is 6.15. The van der Waals surface area contributed by atoms with Crippen molar-refractivity contribution in [3.8, 4) is 0 Å². The normalized spacial score (nSPS) is 13.4. The molecule has 6 heteroatoms. The molecule has 1 aromatic heterocycles. The molecule has 5 nitrogen and oxygen atoms in total. The van der Waals surface area contributed by atoms with Gasteiger partial charge in [-0.2, -0.15) is 5.10 Å². The summed E-state index contributed by atoms with van der Waals surface area (Å²) in [4.78, 5) is 0. The van der Waals surface area contributed by atoms with Crippen molar-refractivity contribution in [2.75, 3.05) is 14.2 Å². The van der Waals surface area contributed by atoms with Crippen LogP contribution in [0.1, 0.15) is 18.3 Å². The molecular formula is C11H19ClN2O3. The van der Waals surface area contributed by atoms with E-state index < -0.39 is 12.4 Å². The summed E-state index contributed by atoms with van der Waals surface area (Å²) in [6, 6.07) is 0. The molecule has 1 heterocycles. The highest BCUT2D eigenvalue weighted by Crippen LogP contribution is 2.22. The molecule has 0 saturated carbocycles. The smallest absolute Gasteiger partial charge is 0.183 e. The van der Waals surface area contributed by atoms with Crippen molar-refractivity contribution < 1.29 is 14.6 Å². The van der Waals surface area contributed by atoms with Crippen molar-refractivity contribution in [3.05, 3.63) is 16.4 Å². The van der Waals surface area contributed by atoms with E-state index in [1.807, 2.05) is 13.8 Å². The maximum atomic E-state index is 9.97. The van der Waals surface area contributed by atoms with Gasteiger partial charge in [0.15, 0.2) is 6.29 Å². The van der Waals surface area contributed by atoms with Crippen molar-refractivity contribution in [1.29, 1.82) is 0 Å². The lowest BCUT2D eigenvalue weighted by Gasteiger charge is -2.20. The molecule has 0 aliphatic carbocycles. The second-order valence-electron chi connectivity index (χ2n) is 3.77. The van der Waals surface area contributed by atoms with E-state index >= 15 is 0 Å². The van der Waals surface area contributed by atoms with Gasteiger partial charge in [-0.3, -0.25) is 4.68 Å². The van der Waals surface area contributed by atoms with Crippen LogP contribution in [0.2, 0.25) is 5.02 Å². The van der Waals surface area contributed by atoms with Gasteiger partial charge in [0.05, 0.1) is 16.4 Å². The van der Waals surface area contributed by atoms with Crippen LogP contribution in [-0.4, -0.2) is 41.5 Å². The lowest BCUT2D eigenvalue weighted by Crippen LogP contribution is -2.32. The molecular weight excluding hydrogens is 244 g/mol. The molecule has 0 bridgehead atoms. The number of aromatic nitrogens is 2. The third-order valence-electron chi connectivity index (χ3n) is 2.63. The van der Waals surface area contributed by atoms with Crippen molar-refractivity contribution in [2.24, 2.45) is 0 Å². The summed E-state index contributed by atoms with van der Waals surface area (Å²) in [5.74, 6) is 0. The number of ether oxygens (including phenoxy) is 2. The zero-order valence-corrected chi connectivity index (χ0v) is 11.4. The molecule has 1 N–H and O–H groups in total. The number of aryl methyl sites for hydroxylation is 2. The van der Waals surface area contributed by atoms with Gasteiger partial charge in [-0.25, -0.2) is 0 Å². The highest BCUT2D eigenvalue weighted by atomic mass is 35.5. The van der Waals surface area contributed by atoms with E-state index in [2.05, 4.69) is 5.10 Å². The highest BCUT2D eigenvalue weighted by Gasteiger charge is 2.23. The lowest BCUT2D eigenvalue weighted by atomic mass is 10.2. The minimum absolute atomic E-state index is 0.347. The second kappa shape index (κ2) is 6.35. The van der Waals surface area contributed by atoms with Crippen LogP contribution in [0.25, 0.3) is 0 Å². The Hall–Kier alpha value is -0.620. The Kier molecular flexibility index (Phi) is 5.39. The maximum Gasteiger partial charge on any atom is 0.183 e. The van der Waals surface area contributed by atoms with Gasteiger partial charge in [-0.05, 0) is 13.8 Å². The predicted molar refractivity (Wildman–Crippen MR) is 65.2 cm³/mol. The van der Waals surface area contributed by atoms with Crippen LogP contribution < -0.4 is 0 Å². The molecule has 0 aliphatic heterocycles. The van der Waals surface area contributed by atoms with Crippen molar-refractivity contribution in [1.82, 2.24) is 9.78 Å². The first kappa shape index (κ1) is 14.4. The van der Waals surface area contributed by atoms with Crippen LogP contribution in [0.15, 0.2) is 0 Å². The minimum atomic E-state index is -0.774. The molecule has 0 fully saturated rings. The molecule has 1 unspecified atom stereocenters. The standard InChI is InChI=1S/C11H19ClN2O3/c1-5-14-8(10(12)7(2)13-14)6-9(15)11(16-3)17-4/h9,11,15H,5-6H2,1-4H3. The van der Waals surface area contributed by atoms with E-state index in [0.29, 0.717) is 18.0 Å². The first-order valence-corrected chi connectivity index (χ1v) is 5.88. The molecule has 0 aliphatic rings. The average Bonchev–Trinajstić information content (AvgIpc) is 2.58. The fraction of sp³-hybridized carbons (Fsp3) is 0.727. The summed E-state index contributed by atoms with van der Waals surface area (Å²) in [6.07, 6.45) is -1.09. The van der Waals surface area contributed by atoms with Gasteiger partial charge in [0.1, 0.15) is 6.10 Å². The summed E-state index contributed by atoms with van der Waals surface area (Å²) in [6.45, 7) is 4.53. The van der Waals surface area contributed by atoms with E-state index in [0.717, 1.165) is 11.4 Å². The number of methoxy groups -OCH3 is 2. The van der Waals surface area contributed by atoms with E-state index in [1.54, 1.807) is 4.68 Å². The lowest BCUT2D eigenvalue weighted by molar-refractivity contribution is -0.163. The first-order valence-electron chi connectivity index (χ1n) is 5.50. The molecule has 0 radical (unpaired) electrons. The zero-order valence-electron chi connectivity index (χ0n) is 10.6. The van der Waals surface area contributed by atoms with Crippen molar-refractivity contribution in [3.63, 3.8) is 0 Å². The van der Waals surface area contributed by atoms with Gasteiger partial charge in [-0.15, -0.1) is 0 Å². The van der Waals surface area contributed by atoms with E-state index in [-0.39, 0.29) is 0 Å². The number of aliphatic hydroxyl groups is 1. The Bertz CT molecular complexity index is 364. The molecule has 0 aromatic carbocycles. The van der Waals surface area contributed by atoms with Gasteiger partial charge in [0, 0.05) is 27.2 Å². The molecule has 0 saturated heterocycles. The average molecular weight is 263 g/mol. The maximum absolute atomic E-state index is 9.97. The van der Waals surface area contributed by atoms with Crippen LogP contribution in [-0.2, 0) is 22.4 Å². The van der Waals surface area contributed by atoms with Crippen LogP contribution in [0, 0.1) is 6.92 Å². The molecule has 1 aromatic rings. The topological polar surface area (TPSA) is 56.5 Å². The Morgan fingerprint density at radius 1 is 1.41 bits per heavy atom. The van der Waals surface area contributed by atoms with Gasteiger partial charge in [0.2, 0.25) is 0 Å². The Labute approximate surface area is 106 Å². The monoisotopic (exact) mass is 262 g/mol. The SMILES string of the molecule is CCn1nc(C)c(Cl)c1CC(O)C(OC)OC. The molecule has 17 heavy (non-hydrogen) atoms. The summed E-state index contributed by atoms with van der Waals surface area (Å²) < 4.78 is 11.8. The molecule has 98 valence electrons. The number of hydrogen-bond acceptors (Lipinski definition) is 4. The Morgan fingerprint density at radius 2 is 2.00 bits per heavy atom. The molecule has 0 amide bonds. The van der Waals surface area contributed by atoms with Crippen molar-refractivity contribution in [2.45, 2.75) is 39.2 Å². The first-order chi connectivity index (χ1) is 8.04. The number of aliphatic hydroxyl groups excluding tert-OH is 1. The van der Waals surface area contributed by atoms with Crippen LogP contribution in [0.4, 0.5) is 0 Å². The number of rotatable bonds is 6. The third kappa shape index (κ3) is 3.19. The molecule has 1 atom stereocenters. The van der Waals surface area contributed by atoms with Gasteiger partial charge >= 0.3 is 0 Å². The minimum Gasteiger partial charge on any atom is -0.387 e. The number of nitrogens with zero attached hydrogens (tertiary/aromatic N) is 2. The van der Waals surface area contributed by atoms with Gasteiger partial charge in [0.25, 0.3) is 0 Å². The van der Waals surface area contributed by atoms with Gasteiger partial charge < -0.3 is 14.6 Å². The molecule has 1 rings (SSSR count). The van der Waals surface area contributed by atoms with Gasteiger partial charge in [-0.1, -0.05) is 11.6 Å². The fourth-order valence-corrected chi connectivity index (χ4v) is 1.98.